The first-order chi connectivity index (χ1) is 6.19. The van der Waals surface area contributed by atoms with Crippen molar-refractivity contribution < 1.29 is 14.6 Å². The van der Waals surface area contributed by atoms with E-state index >= 15 is 0 Å². The van der Waals surface area contributed by atoms with Gasteiger partial charge in [-0.1, -0.05) is 13.3 Å². The van der Waals surface area contributed by atoms with Crippen LogP contribution in [0.5, 0.6) is 0 Å². The van der Waals surface area contributed by atoms with E-state index in [1.807, 2.05) is 4.90 Å². The van der Waals surface area contributed by atoms with Crippen molar-refractivity contribution in [3.05, 3.63) is 0 Å². The zero-order valence-corrected chi connectivity index (χ0v) is 8.19. The Morgan fingerprint density at radius 3 is 2.69 bits per heavy atom. The molecule has 0 aliphatic carbocycles. The summed E-state index contributed by atoms with van der Waals surface area (Å²) in [4.78, 5) is 12.8. The Morgan fingerprint density at radius 1 is 1.69 bits per heavy atom. The van der Waals surface area contributed by atoms with Crippen LogP contribution in [0.15, 0.2) is 0 Å². The number of carboxylic acids is 1. The third-order valence-corrected chi connectivity index (χ3v) is 2.61. The monoisotopic (exact) mass is 187 g/mol. The molecule has 1 aliphatic heterocycles. The SMILES string of the molecule is CCC1CN(C(COC)C(=O)O)C1. The molecule has 0 aromatic carbocycles. The molecule has 1 heterocycles. The van der Waals surface area contributed by atoms with Gasteiger partial charge in [0.2, 0.25) is 0 Å². The average molecular weight is 187 g/mol. The molecule has 1 fully saturated rings. The highest BCUT2D eigenvalue weighted by Crippen LogP contribution is 2.21. The minimum absolute atomic E-state index is 0.283. The van der Waals surface area contributed by atoms with Gasteiger partial charge in [0.05, 0.1) is 6.61 Å². The Morgan fingerprint density at radius 2 is 2.31 bits per heavy atom. The second-order valence-electron chi connectivity index (χ2n) is 3.54. The number of hydrogen-bond acceptors (Lipinski definition) is 3. The number of aliphatic carboxylic acids is 1. The van der Waals surface area contributed by atoms with Gasteiger partial charge >= 0.3 is 5.97 Å². The molecular formula is C9H17NO3. The normalized spacial score (nSPS) is 21.1. The molecular weight excluding hydrogens is 170 g/mol. The molecule has 1 aliphatic rings. The smallest absolute Gasteiger partial charge is 0.323 e. The van der Waals surface area contributed by atoms with Crippen LogP contribution in [0.25, 0.3) is 0 Å². The molecule has 76 valence electrons. The van der Waals surface area contributed by atoms with Crippen molar-refractivity contribution in [3.63, 3.8) is 0 Å². The molecule has 4 heteroatoms. The van der Waals surface area contributed by atoms with Gasteiger partial charge in [-0.25, -0.2) is 0 Å². The summed E-state index contributed by atoms with van der Waals surface area (Å²) in [6.07, 6.45) is 1.13. The van der Waals surface area contributed by atoms with E-state index in [9.17, 15) is 4.79 Å². The molecule has 0 bridgehead atoms. The zero-order valence-electron chi connectivity index (χ0n) is 8.19. The van der Waals surface area contributed by atoms with Crippen molar-refractivity contribution in [2.45, 2.75) is 19.4 Å². The molecule has 1 saturated heterocycles. The van der Waals surface area contributed by atoms with E-state index in [4.69, 9.17) is 9.84 Å². The van der Waals surface area contributed by atoms with Crippen molar-refractivity contribution >= 4 is 5.97 Å². The van der Waals surface area contributed by atoms with Crippen LogP contribution in [0.3, 0.4) is 0 Å². The summed E-state index contributed by atoms with van der Waals surface area (Å²) in [5, 5.41) is 8.88. The molecule has 13 heavy (non-hydrogen) atoms. The summed E-state index contributed by atoms with van der Waals surface area (Å²) in [5.74, 6) is -0.102. The van der Waals surface area contributed by atoms with Gasteiger partial charge in [-0.2, -0.15) is 0 Å². The van der Waals surface area contributed by atoms with Crippen LogP contribution in [-0.4, -0.2) is 48.8 Å². The van der Waals surface area contributed by atoms with Gasteiger partial charge in [-0.05, 0) is 5.92 Å². The summed E-state index contributed by atoms with van der Waals surface area (Å²) in [5.41, 5.74) is 0. The first kappa shape index (κ1) is 10.5. The van der Waals surface area contributed by atoms with Gasteiger partial charge in [0.15, 0.2) is 0 Å². The third kappa shape index (κ3) is 2.42. The first-order valence-electron chi connectivity index (χ1n) is 4.64. The molecule has 4 nitrogen and oxygen atoms in total. The molecule has 1 N–H and O–H groups in total. The quantitative estimate of drug-likeness (QED) is 0.678. The minimum atomic E-state index is -0.781. The van der Waals surface area contributed by atoms with Gasteiger partial charge in [-0.15, -0.1) is 0 Å². The number of carbonyl (C=O) groups is 1. The lowest BCUT2D eigenvalue weighted by Gasteiger charge is -2.42. The molecule has 0 aromatic rings. The average Bonchev–Trinajstić information content (AvgIpc) is 2.00. The summed E-state index contributed by atoms with van der Waals surface area (Å²) in [6, 6.07) is -0.451. The maximum atomic E-state index is 10.8. The number of carboxylic acid groups (broad SMARTS) is 1. The Balaban J connectivity index is 2.35. The molecule has 1 unspecified atom stereocenters. The molecule has 0 aromatic heterocycles. The van der Waals surface area contributed by atoms with E-state index < -0.39 is 12.0 Å². The molecule has 0 spiro atoms. The van der Waals surface area contributed by atoms with E-state index in [1.54, 1.807) is 0 Å². The Bertz CT molecular complexity index is 178. The van der Waals surface area contributed by atoms with Crippen molar-refractivity contribution in [3.8, 4) is 0 Å². The highest BCUT2D eigenvalue weighted by molar-refractivity contribution is 5.73. The number of ether oxygens (including phenoxy) is 1. The highest BCUT2D eigenvalue weighted by atomic mass is 16.5. The summed E-state index contributed by atoms with van der Waals surface area (Å²) in [7, 11) is 1.53. The first-order valence-corrected chi connectivity index (χ1v) is 4.64. The van der Waals surface area contributed by atoms with Crippen molar-refractivity contribution in [1.82, 2.24) is 4.90 Å². The number of nitrogens with zero attached hydrogens (tertiary/aromatic N) is 1. The third-order valence-electron chi connectivity index (χ3n) is 2.61. The predicted molar refractivity (Wildman–Crippen MR) is 48.7 cm³/mol. The number of hydrogen-bond donors (Lipinski definition) is 1. The van der Waals surface area contributed by atoms with Crippen molar-refractivity contribution in [1.29, 1.82) is 0 Å². The fraction of sp³-hybridized carbons (Fsp3) is 0.889. The van der Waals surface area contributed by atoms with Gasteiger partial charge in [0, 0.05) is 20.2 Å². The van der Waals surface area contributed by atoms with E-state index in [-0.39, 0.29) is 6.61 Å². The zero-order chi connectivity index (χ0) is 9.84. The molecule has 1 atom stereocenters. The van der Waals surface area contributed by atoms with E-state index in [2.05, 4.69) is 6.92 Å². The number of likely N-dealkylation sites (tertiary alicyclic amines) is 1. The summed E-state index contributed by atoms with van der Waals surface area (Å²) < 4.78 is 4.87. The molecule has 0 radical (unpaired) electrons. The van der Waals surface area contributed by atoms with E-state index in [0.29, 0.717) is 5.92 Å². The predicted octanol–water partition coefficient (Wildman–Crippen LogP) is 0.428. The van der Waals surface area contributed by atoms with Crippen LogP contribution in [0, 0.1) is 5.92 Å². The largest absolute Gasteiger partial charge is 0.480 e. The van der Waals surface area contributed by atoms with Crippen LogP contribution in [0.1, 0.15) is 13.3 Å². The number of rotatable bonds is 5. The van der Waals surface area contributed by atoms with Gasteiger partial charge < -0.3 is 9.84 Å². The van der Waals surface area contributed by atoms with Crippen LogP contribution in [0.4, 0.5) is 0 Å². The van der Waals surface area contributed by atoms with Crippen LogP contribution in [-0.2, 0) is 9.53 Å². The summed E-state index contributed by atoms with van der Waals surface area (Å²) in [6.45, 7) is 4.22. The fourth-order valence-corrected chi connectivity index (χ4v) is 1.61. The van der Waals surface area contributed by atoms with E-state index in [1.165, 1.54) is 7.11 Å². The maximum absolute atomic E-state index is 10.8. The standard InChI is InChI=1S/C9H17NO3/c1-3-7-4-10(5-7)8(6-13-2)9(11)12/h7-8H,3-6H2,1-2H3,(H,11,12). The second kappa shape index (κ2) is 4.58. The lowest BCUT2D eigenvalue weighted by Crippen LogP contribution is -2.56. The van der Waals surface area contributed by atoms with Crippen LogP contribution in [0.2, 0.25) is 0 Å². The fourth-order valence-electron chi connectivity index (χ4n) is 1.61. The molecule has 0 saturated carbocycles. The molecule has 1 rings (SSSR count). The van der Waals surface area contributed by atoms with Crippen LogP contribution < -0.4 is 0 Å². The summed E-state index contributed by atoms with van der Waals surface area (Å²) >= 11 is 0. The maximum Gasteiger partial charge on any atom is 0.323 e. The van der Waals surface area contributed by atoms with Gasteiger partial charge in [-0.3, -0.25) is 9.69 Å². The molecule has 0 amide bonds. The lowest BCUT2D eigenvalue weighted by atomic mass is 9.95. The topological polar surface area (TPSA) is 49.8 Å². The van der Waals surface area contributed by atoms with E-state index in [0.717, 1.165) is 19.5 Å². The van der Waals surface area contributed by atoms with Gasteiger partial charge in [0.25, 0.3) is 0 Å². The Labute approximate surface area is 78.5 Å². The minimum Gasteiger partial charge on any atom is -0.480 e. The van der Waals surface area contributed by atoms with Crippen molar-refractivity contribution in [2.24, 2.45) is 5.92 Å². The Kier molecular flexibility index (Phi) is 3.69. The lowest BCUT2D eigenvalue weighted by molar-refractivity contribution is -0.148. The highest BCUT2D eigenvalue weighted by Gasteiger charge is 2.34. The van der Waals surface area contributed by atoms with Gasteiger partial charge in [0.1, 0.15) is 6.04 Å². The number of methoxy groups -OCH3 is 1. The van der Waals surface area contributed by atoms with Crippen LogP contribution >= 0.6 is 0 Å². The van der Waals surface area contributed by atoms with Crippen molar-refractivity contribution in [2.75, 3.05) is 26.8 Å². The second-order valence-corrected chi connectivity index (χ2v) is 3.54. The Hall–Kier alpha value is -0.610.